The lowest BCUT2D eigenvalue weighted by Crippen LogP contribution is -2.41. The Labute approximate surface area is 167 Å². The van der Waals surface area contributed by atoms with Gasteiger partial charge in [-0.1, -0.05) is 41.9 Å². The van der Waals surface area contributed by atoms with Crippen LogP contribution < -0.4 is 5.32 Å². The summed E-state index contributed by atoms with van der Waals surface area (Å²) in [7, 11) is 0. The summed E-state index contributed by atoms with van der Waals surface area (Å²) >= 11 is 5.87. The van der Waals surface area contributed by atoms with E-state index in [0.717, 1.165) is 29.4 Å². The molecule has 2 aromatic carbocycles. The van der Waals surface area contributed by atoms with E-state index >= 15 is 4.39 Å². The van der Waals surface area contributed by atoms with E-state index in [1.54, 1.807) is 30.5 Å². The van der Waals surface area contributed by atoms with Crippen molar-refractivity contribution >= 4 is 28.3 Å². The van der Waals surface area contributed by atoms with Gasteiger partial charge in [-0.15, -0.1) is 0 Å². The molecule has 1 saturated heterocycles. The Morgan fingerprint density at radius 2 is 2.07 bits per heavy atom. The maximum atomic E-state index is 15.1. The number of ether oxygens (including phenoxy) is 1. The maximum absolute atomic E-state index is 15.1. The number of carbonyl (C=O) groups is 1. The third-order valence-corrected chi connectivity index (χ3v) is 5.21. The summed E-state index contributed by atoms with van der Waals surface area (Å²) in [6.07, 6.45) is 3.95. The molecule has 1 aliphatic heterocycles. The highest BCUT2D eigenvalue weighted by Crippen LogP contribution is 2.27. The van der Waals surface area contributed by atoms with Gasteiger partial charge in [0.2, 0.25) is 0 Å². The second kappa shape index (κ2) is 8.25. The molecule has 0 bridgehead atoms. The Morgan fingerprint density at radius 3 is 2.79 bits per heavy atom. The van der Waals surface area contributed by atoms with Gasteiger partial charge >= 0.3 is 0 Å². The van der Waals surface area contributed by atoms with E-state index in [9.17, 15) is 4.79 Å². The molecule has 1 aromatic heterocycles. The third kappa shape index (κ3) is 4.01. The summed E-state index contributed by atoms with van der Waals surface area (Å²) in [6.45, 7) is 1.17. The second-order valence-corrected chi connectivity index (χ2v) is 7.38. The van der Waals surface area contributed by atoms with Crippen LogP contribution in [0.4, 0.5) is 4.39 Å². The fraction of sp³-hybridized carbons (Fsp3) is 0.273. The van der Waals surface area contributed by atoms with Crippen molar-refractivity contribution in [1.82, 2.24) is 10.3 Å². The molecule has 1 fully saturated rings. The number of amides is 1. The number of fused-ring (bicyclic) bond motifs is 1. The lowest BCUT2D eigenvalue weighted by molar-refractivity contribution is 0.0622. The van der Waals surface area contributed by atoms with Crippen LogP contribution >= 0.6 is 11.6 Å². The van der Waals surface area contributed by atoms with Gasteiger partial charge in [-0.25, -0.2) is 9.37 Å². The van der Waals surface area contributed by atoms with E-state index in [1.807, 2.05) is 18.2 Å². The van der Waals surface area contributed by atoms with Gasteiger partial charge in [0, 0.05) is 18.2 Å². The number of nitrogens with one attached hydrogen (secondary N) is 1. The van der Waals surface area contributed by atoms with E-state index in [4.69, 9.17) is 16.3 Å². The van der Waals surface area contributed by atoms with Crippen molar-refractivity contribution in [2.45, 2.75) is 25.3 Å². The van der Waals surface area contributed by atoms with Crippen LogP contribution in [0.3, 0.4) is 0 Å². The van der Waals surface area contributed by atoms with Gasteiger partial charge in [-0.3, -0.25) is 4.79 Å². The molecule has 2 heterocycles. The Hall–Kier alpha value is -2.50. The van der Waals surface area contributed by atoms with E-state index in [-0.39, 0.29) is 11.6 Å². The highest BCUT2D eigenvalue weighted by Gasteiger charge is 2.22. The molecule has 6 heteroatoms. The maximum Gasteiger partial charge on any atom is 0.254 e. The highest BCUT2D eigenvalue weighted by molar-refractivity contribution is 6.29. The predicted molar refractivity (Wildman–Crippen MR) is 107 cm³/mol. The van der Waals surface area contributed by atoms with Crippen LogP contribution in [0.5, 0.6) is 0 Å². The predicted octanol–water partition coefficient (Wildman–Crippen LogP) is 4.53. The van der Waals surface area contributed by atoms with E-state index in [2.05, 4.69) is 10.3 Å². The minimum Gasteiger partial charge on any atom is -0.379 e. The zero-order valence-corrected chi connectivity index (χ0v) is 16.0. The molecule has 0 saturated carbocycles. The van der Waals surface area contributed by atoms with Crippen molar-refractivity contribution < 1.29 is 13.9 Å². The van der Waals surface area contributed by atoms with Crippen LogP contribution in [-0.4, -0.2) is 30.1 Å². The van der Waals surface area contributed by atoms with Crippen molar-refractivity contribution in [3.8, 4) is 0 Å². The number of aromatic nitrogens is 1. The average molecular weight is 399 g/mol. The van der Waals surface area contributed by atoms with Crippen molar-refractivity contribution in [2.75, 3.05) is 13.2 Å². The van der Waals surface area contributed by atoms with Gasteiger partial charge in [0.1, 0.15) is 11.0 Å². The first kappa shape index (κ1) is 18.8. The van der Waals surface area contributed by atoms with Crippen molar-refractivity contribution in [3.05, 3.63) is 76.3 Å². The molecule has 4 rings (SSSR count). The quantitative estimate of drug-likeness (QED) is 0.657. The standard InChI is InChI=1S/C22H20ClFN2O2/c23-20-8-7-14(12-25-20)10-15-11-19(21(24)18-6-2-1-5-17(15)18)22(27)26-16-4-3-9-28-13-16/h1-2,5-8,11-12,16H,3-4,9-10,13H2,(H,26,27). The van der Waals surface area contributed by atoms with Gasteiger partial charge in [-0.05, 0) is 47.9 Å². The smallest absolute Gasteiger partial charge is 0.254 e. The number of carbonyl (C=O) groups excluding carboxylic acids is 1. The van der Waals surface area contributed by atoms with Crippen LogP contribution in [0.1, 0.15) is 34.3 Å². The van der Waals surface area contributed by atoms with Crippen LogP contribution in [-0.2, 0) is 11.2 Å². The molecule has 0 spiro atoms. The molecule has 1 aliphatic rings. The number of hydrogen-bond acceptors (Lipinski definition) is 3. The average Bonchev–Trinajstić information content (AvgIpc) is 2.72. The molecule has 1 unspecified atom stereocenters. The lowest BCUT2D eigenvalue weighted by atomic mass is 9.95. The fourth-order valence-corrected chi connectivity index (χ4v) is 3.69. The minimum absolute atomic E-state index is 0.0567. The first-order chi connectivity index (χ1) is 13.6. The molecule has 1 N–H and O–H groups in total. The minimum atomic E-state index is -0.497. The van der Waals surface area contributed by atoms with Gasteiger partial charge in [0.05, 0.1) is 18.2 Å². The molecule has 0 aliphatic carbocycles. The largest absolute Gasteiger partial charge is 0.379 e. The Bertz CT molecular complexity index is 1000. The summed E-state index contributed by atoms with van der Waals surface area (Å²) in [6, 6.07) is 12.4. The molecule has 4 nitrogen and oxygen atoms in total. The van der Waals surface area contributed by atoms with Crippen LogP contribution in [0.15, 0.2) is 48.7 Å². The van der Waals surface area contributed by atoms with Crippen LogP contribution in [0.2, 0.25) is 5.15 Å². The summed E-state index contributed by atoms with van der Waals surface area (Å²) in [5.41, 5.74) is 1.86. The third-order valence-electron chi connectivity index (χ3n) is 4.99. The zero-order valence-electron chi connectivity index (χ0n) is 15.3. The number of benzene rings is 2. The first-order valence-corrected chi connectivity index (χ1v) is 9.69. The number of rotatable bonds is 4. The van der Waals surface area contributed by atoms with Crippen molar-refractivity contribution in [3.63, 3.8) is 0 Å². The number of halogens is 2. The Balaban J connectivity index is 1.71. The topological polar surface area (TPSA) is 51.2 Å². The SMILES string of the molecule is O=C(NC1CCCOC1)c1cc(Cc2ccc(Cl)nc2)c2ccccc2c1F. The van der Waals surface area contributed by atoms with E-state index < -0.39 is 11.7 Å². The highest BCUT2D eigenvalue weighted by atomic mass is 35.5. The van der Waals surface area contributed by atoms with Crippen LogP contribution in [0.25, 0.3) is 10.8 Å². The Kier molecular flexibility index (Phi) is 5.55. The zero-order chi connectivity index (χ0) is 19.5. The van der Waals surface area contributed by atoms with Crippen molar-refractivity contribution in [2.24, 2.45) is 0 Å². The molecule has 28 heavy (non-hydrogen) atoms. The molecule has 0 radical (unpaired) electrons. The van der Waals surface area contributed by atoms with Gasteiger partial charge in [-0.2, -0.15) is 0 Å². The van der Waals surface area contributed by atoms with Crippen molar-refractivity contribution in [1.29, 1.82) is 0 Å². The van der Waals surface area contributed by atoms with Gasteiger partial charge in [0.25, 0.3) is 5.91 Å². The summed E-state index contributed by atoms with van der Waals surface area (Å²) in [5.74, 6) is -0.906. The van der Waals surface area contributed by atoms with E-state index in [1.165, 1.54) is 0 Å². The number of pyridine rings is 1. The normalized spacial score (nSPS) is 16.9. The first-order valence-electron chi connectivity index (χ1n) is 9.31. The molecule has 1 atom stereocenters. The monoisotopic (exact) mass is 398 g/mol. The second-order valence-electron chi connectivity index (χ2n) is 7.00. The molecule has 144 valence electrons. The van der Waals surface area contributed by atoms with E-state index in [0.29, 0.717) is 30.2 Å². The summed E-state index contributed by atoms with van der Waals surface area (Å²) < 4.78 is 20.5. The number of hydrogen-bond donors (Lipinski definition) is 1. The van der Waals surface area contributed by atoms with Crippen LogP contribution in [0, 0.1) is 5.82 Å². The molecule has 3 aromatic rings. The lowest BCUT2D eigenvalue weighted by Gasteiger charge is -2.23. The Morgan fingerprint density at radius 1 is 1.25 bits per heavy atom. The molecular formula is C22H20ClFN2O2. The van der Waals surface area contributed by atoms with Gasteiger partial charge in [0.15, 0.2) is 0 Å². The molecular weight excluding hydrogens is 379 g/mol. The number of nitrogens with zero attached hydrogens (tertiary/aromatic N) is 1. The fourth-order valence-electron chi connectivity index (χ4n) is 3.58. The van der Waals surface area contributed by atoms with Gasteiger partial charge < -0.3 is 10.1 Å². The summed E-state index contributed by atoms with van der Waals surface area (Å²) in [5, 5.41) is 4.55. The summed E-state index contributed by atoms with van der Waals surface area (Å²) in [4.78, 5) is 16.9. The molecule has 1 amide bonds.